The number of amides is 3. The molecule has 2 fully saturated rings. The van der Waals surface area contributed by atoms with Gasteiger partial charge in [-0.3, -0.25) is 29.4 Å². The van der Waals surface area contributed by atoms with Gasteiger partial charge in [0.25, 0.3) is 5.91 Å². The molecule has 6 bridgehead atoms. The lowest BCUT2D eigenvalue weighted by atomic mass is 9.84. The second-order valence-electron chi connectivity index (χ2n) is 20.2. The quantitative estimate of drug-likeness (QED) is 0.0399. The van der Waals surface area contributed by atoms with E-state index in [2.05, 4.69) is 81.7 Å². The molecule has 2 saturated heterocycles. The summed E-state index contributed by atoms with van der Waals surface area (Å²) in [6.45, 7) is 13.2. The lowest BCUT2D eigenvalue weighted by Gasteiger charge is -2.37. The van der Waals surface area contributed by atoms with Crippen molar-refractivity contribution in [3.8, 4) is 33.9 Å². The first kappa shape index (κ1) is 52.0. The van der Waals surface area contributed by atoms with Crippen molar-refractivity contribution in [2.75, 3.05) is 48.1 Å². The number of nitrogens with one attached hydrogen (secondary N) is 3. The first-order valence-electron chi connectivity index (χ1n) is 25.2. The number of benzene rings is 3. The zero-order valence-corrected chi connectivity index (χ0v) is 43.3. The molecule has 0 spiro atoms. The molecule has 0 aliphatic carbocycles. The average molecular weight is 985 g/mol. The summed E-state index contributed by atoms with van der Waals surface area (Å²) in [5.74, 6) is 0.198. The Labute approximate surface area is 423 Å². The van der Waals surface area contributed by atoms with Gasteiger partial charge in [-0.15, -0.1) is 0 Å². The smallest absolute Gasteiger partial charge is 0.259 e. The number of epoxide rings is 1. The minimum absolute atomic E-state index is 0.118. The molecule has 3 aliphatic heterocycles. The van der Waals surface area contributed by atoms with E-state index < -0.39 is 24.3 Å². The van der Waals surface area contributed by atoms with Gasteiger partial charge in [0, 0.05) is 75.5 Å². The minimum atomic E-state index is -0.949. The highest BCUT2D eigenvalue weighted by molar-refractivity contribution is 5.96. The van der Waals surface area contributed by atoms with Crippen LogP contribution in [0.1, 0.15) is 76.1 Å². The summed E-state index contributed by atoms with van der Waals surface area (Å²) in [4.78, 5) is 53.7. The molecule has 3 N–H and O–H groups in total. The van der Waals surface area contributed by atoms with Crippen molar-refractivity contribution in [3.63, 3.8) is 0 Å². The summed E-state index contributed by atoms with van der Waals surface area (Å²) in [5.41, 5.74) is 12.5. The maximum absolute atomic E-state index is 14.9. The van der Waals surface area contributed by atoms with E-state index in [0.717, 1.165) is 75.8 Å². The summed E-state index contributed by atoms with van der Waals surface area (Å²) in [5, 5.41) is 9.03. The minimum Gasteiger partial charge on any atom is -0.496 e. The van der Waals surface area contributed by atoms with Gasteiger partial charge in [-0.05, 0) is 95.7 Å². The highest BCUT2D eigenvalue weighted by Crippen LogP contribution is 2.42. The van der Waals surface area contributed by atoms with Crippen molar-refractivity contribution in [1.82, 2.24) is 35.5 Å². The van der Waals surface area contributed by atoms with Gasteiger partial charge in [0.1, 0.15) is 29.7 Å². The number of pyridine rings is 1. The normalized spacial score (nSPS) is 20.4. The summed E-state index contributed by atoms with van der Waals surface area (Å²) in [7, 11) is 6.57. The first-order valence-corrected chi connectivity index (χ1v) is 25.2. The second-order valence-corrected chi connectivity index (χ2v) is 20.2. The van der Waals surface area contributed by atoms with Crippen LogP contribution in [-0.4, -0.2) is 122 Å². The Hall–Kier alpha value is -6.33. The Morgan fingerprint density at radius 2 is 1.81 bits per heavy atom. The molecule has 0 saturated carbocycles. The van der Waals surface area contributed by atoms with Gasteiger partial charge in [-0.25, -0.2) is 5.43 Å². The molecule has 16 heteroatoms. The van der Waals surface area contributed by atoms with Crippen molar-refractivity contribution in [2.45, 2.75) is 117 Å². The number of rotatable bonds is 16. The molecular weight excluding hydrogens is 913 g/mol. The predicted octanol–water partition coefficient (Wildman–Crippen LogP) is 7.09. The van der Waals surface area contributed by atoms with E-state index in [1.807, 2.05) is 62.6 Å². The van der Waals surface area contributed by atoms with Crippen LogP contribution in [0.2, 0.25) is 0 Å². The third-order valence-electron chi connectivity index (χ3n) is 14.1. The van der Waals surface area contributed by atoms with Gasteiger partial charge in [0.2, 0.25) is 11.8 Å². The number of aliphatic imine (C=N–C) groups is 1. The largest absolute Gasteiger partial charge is 0.496 e. The Morgan fingerprint density at radius 3 is 2.54 bits per heavy atom. The van der Waals surface area contributed by atoms with E-state index in [4.69, 9.17) is 23.7 Å². The molecule has 8 rings (SSSR count). The van der Waals surface area contributed by atoms with Crippen LogP contribution < -0.4 is 25.5 Å². The topological polar surface area (TPSA) is 173 Å². The highest BCUT2D eigenvalue weighted by Gasteiger charge is 2.49. The molecule has 2 aromatic heterocycles. The second kappa shape index (κ2) is 23.0. The molecule has 16 nitrogen and oxygen atoms in total. The third-order valence-corrected chi connectivity index (χ3v) is 14.1. The fraction of sp³-hybridized carbons (Fsp3) is 0.482. The number of methoxy groups -OCH3 is 3. The van der Waals surface area contributed by atoms with Gasteiger partial charge in [0.15, 0.2) is 6.29 Å². The van der Waals surface area contributed by atoms with E-state index in [-0.39, 0.29) is 48.1 Å². The third kappa shape index (κ3) is 11.6. The number of nitrogens with zero attached hydrogens (tertiary/aromatic N) is 5. The number of likely N-dealkylation sites (N-methyl/N-ethyl adjacent to an activating group) is 1. The van der Waals surface area contributed by atoms with E-state index >= 15 is 0 Å². The van der Waals surface area contributed by atoms with E-state index in [9.17, 15) is 14.4 Å². The standard InChI is InChI=1S/C56H72N8O8/c1-10-63-46-20-19-38-28-40(46)41(51(63)42-30-57-23-21-39(42)32-68-7)29-56(4,5)33-71-55-52(72-55)44-16-13-25-64(61-44)54(67)45(27-36-14-11-15-37(38)26-36)60-53(66)50(35(2)3)62(6)49(65)22-24-58-34-59-31-43-47(69-8)17-12-18-48(43)70-9/h11-12,14-15,17-21,23,26,28,30,34-35,44-45,50,52,55,61H,10,13,16,22,24-25,27,29,31-33H2,1-9H3,(H,58,59)(H,60,66)/t44-,45-,50-,52+,55?/m0/s1. The number of aromatic nitrogens is 2. The monoisotopic (exact) mass is 985 g/mol. The van der Waals surface area contributed by atoms with Gasteiger partial charge >= 0.3 is 0 Å². The van der Waals surface area contributed by atoms with Crippen LogP contribution in [0.15, 0.2) is 84.1 Å². The molecule has 3 aromatic carbocycles. The lowest BCUT2D eigenvalue weighted by molar-refractivity contribution is -0.144. The number of aryl methyl sites for hydroxylation is 1. The number of hydrazine groups is 1. The Morgan fingerprint density at radius 1 is 1.04 bits per heavy atom. The maximum Gasteiger partial charge on any atom is 0.259 e. The number of carbonyl (C=O) groups is 3. The van der Waals surface area contributed by atoms with Crippen LogP contribution in [0.3, 0.4) is 0 Å². The molecule has 384 valence electrons. The predicted molar refractivity (Wildman–Crippen MR) is 278 cm³/mol. The van der Waals surface area contributed by atoms with Crippen LogP contribution in [0, 0.1) is 11.3 Å². The number of ether oxygens (including phenoxy) is 5. The summed E-state index contributed by atoms with van der Waals surface area (Å²) in [6.07, 6.45) is 7.29. The number of fused-ring (bicyclic) bond motifs is 8. The van der Waals surface area contributed by atoms with Crippen LogP contribution >= 0.6 is 0 Å². The van der Waals surface area contributed by atoms with E-state index in [0.29, 0.717) is 44.3 Å². The van der Waals surface area contributed by atoms with Crippen molar-refractivity contribution in [1.29, 1.82) is 0 Å². The van der Waals surface area contributed by atoms with E-state index in [1.165, 1.54) is 10.5 Å². The SMILES string of the molecule is CCn1c(-c2cnccc2COC)c2c3cc(ccc31)-c1cccc(c1)C[C@H](NC(=O)[C@H](C(C)C)N(C)C(=O)CCNC=NCc1c(OC)cccc1OC)C(=O)N1CCC[C@H](N1)[C@H]1OC1OCC(C)(C)C2. The van der Waals surface area contributed by atoms with Gasteiger partial charge < -0.3 is 43.8 Å². The zero-order valence-electron chi connectivity index (χ0n) is 43.3. The zero-order chi connectivity index (χ0) is 51.1. The van der Waals surface area contributed by atoms with Crippen LogP contribution in [-0.2, 0) is 61.1 Å². The molecule has 5 heterocycles. The van der Waals surface area contributed by atoms with Gasteiger partial charge in [-0.2, -0.15) is 0 Å². The molecule has 1 unspecified atom stereocenters. The van der Waals surface area contributed by atoms with Gasteiger partial charge in [0.05, 0.1) is 57.6 Å². The lowest BCUT2D eigenvalue weighted by Crippen LogP contribution is -2.61. The summed E-state index contributed by atoms with van der Waals surface area (Å²) in [6, 6.07) is 20.5. The van der Waals surface area contributed by atoms with Crippen LogP contribution in [0.5, 0.6) is 11.5 Å². The maximum atomic E-state index is 14.9. The molecule has 3 amide bonds. The number of carbonyl (C=O) groups excluding carboxylic acids is 3. The Balaban J connectivity index is 1.07. The number of hydrogen-bond acceptors (Lipinski definition) is 11. The van der Waals surface area contributed by atoms with Crippen molar-refractivity contribution in [2.24, 2.45) is 16.3 Å². The van der Waals surface area contributed by atoms with Crippen molar-refractivity contribution < 1.29 is 38.1 Å². The molecule has 0 radical (unpaired) electrons. The fourth-order valence-electron chi connectivity index (χ4n) is 10.5. The summed E-state index contributed by atoms with van der Waals surface area (Å²) < 4.78 is 31.8. The van der Waals surface area contributed by atoms with Crippen LogP contribution in [0.25, 0.3) is 33.3 Å². The Bertz CT molecular complexity index is 2730. The molecule has 72 heavy (non-hydrogen) atoms. The molecule has 5 aromatic rings. The number of hydrogen-bond donors (Lipinski definition) is 3. The van der Waals surface area contributed by atoms with Crippen LogP contribution in [0.4, 0.5) is 0 Å². The van der Waals surface area contributed by atoms with Gasteiger partial charge in [-0.1, -0.05) is 64.1 Å². The van der Waals surface area contributed by atoms with Crippen molar-refractivity contribution >= 4 is 35.0 Å². The molecular formula is C56H72N8O8. The molecule has 5 atom stereocenters. The summed E-state index contributed by atoms with van der Waals surface area (Å²) >= 11 is 0. The molecule has 3 aliphatic rings. The van der Waals surface area contributed by atoms with Crippen molar-refractivity contribution in [3.05, 3.63) is 101 Å². The average Bonchev–Trinajstić information content (AvgIpc) is 4.11. The van der Waals surface area contributed by atoms with E-state index in [1.54, 1.807) is 39.7 Å². The first-order chi connectivity index (χ1) is 34.7. The Kier molecular flexibility index (Phi) is 16.6. The highest BCUT2D eigenvalue weighted by atomic mass is 16.8. The fourth-order valence-corrected chi connectivity index (χ4v) is 10.5.